The second-order valence-electron chi connectivity index (χ2n) is 5.54. The van der Waals surface area contributed by atoms with Crippen molar-refractivity contribution >= 4 is 23.5 Å². The maximum absolute atomic E-state index is 8.39. The zero-order chi connectivity index (χ0) is 18.0. The van der Waals surface area contributed by atoms with E-state index in [1.165, 1.54) is 0 Å². The monoisotopic (exact) mass is 261 g/mol. The van der Waals surface area contributed by atoms with Gasteiger partial charge in [-0.3, -0.25) is 0 Å². The van der Waals surface area contributed by atoms with Gasteiger partial charge in [0.05, 0.1) is 22.2 Å². The third kappa shape index (κ3) is 2.03. The van der Waals surface area contributed by atoms with Gasteiger partial charge in [-0.25, -0.2) is 9.97 Å². The van der Waals surface area contributed by atoms with Crippen LogP contribution >= 0.6 is 0 Å². The average Bonchev–Trinajstić information content (AvgIpc) is 2.63. The van der Waals surface area contributed by atoms with Crippen molar-refractivity contribution in [3.8, 4) is 0 Å². The molecule has 4 nitrogen and oxygen atoms in total. The van der Waals surface area contributed by atoms with Crippen molar-refractivity contribution in [3.63, 3.8) is 0 Å². The normalized spacial score (nSPS) is 24.6. The molecule has 2 heterocycles. The highest BCUT2D eigenvalue weighted by Crippen LogP contribution is 2.36. The van der Waals surface area contributed by atoms with Crippen LogP contribution in [0, 0.1) is 0 Å². The Hall–Kier alpha value is -1.46. The summed E-state index contributed by atoms with van der Waals surface area (Å²) in [5.41, 5.74) is -1.27. The second kappa shape index (κ2) is 4.02. The summed E-state index contributed by atoms with van der Waals surface area (Å²) in [4.78, 5) is 7.44. The van der Waals surface area contributed by atoms with Crippen LogP contribution in [-0.2, 0) is 9.31 Å². The summed E-state index contributed by atoms with van der Waals surface area (Å²) < 4.78 is 52.0. The molecule has 0 spiro atoms. The van der Waals surface area contributed by atoms with Crippen LogP contribution < -0.4 is 5.46 Å². The zero-order valence-corrected chi connectivity index (χ0v) is 11.3. The summed E-state index contributed by atoms with van der Waals surface area (Å²) in [6.07, 6.45) is -0.732. The molecule has 1 aliphatic heterocycles. The fraction of sp³-hybridized carbons (Fsp3) is 0.429. The fourth-order valence-electron chi connectivity index (χ4n) is 1.81. The minimum atomic E-state index is -0.987. The predicted octanol–water partition coefficient (Wildman–Crippen LogP) is 1.93. The van der Waals surface area contributed by atoms with E-state index in [9.17, 15) is 0 Å². The topological polar surface area (TPSA) is 44.2 Å². The van der Waals surface area contributed by atoms with Crippen molar-refractivity contribution < 1.29 is 16.2 Å². The van der Waals surface area contributed by atoms with Crippen LogP contribution in [0.15, 0.2) is 30.6 Å². The summed E-state index contributed by atoms with van der Waals surface area (Å²) in [6.45, 7) is 7.42. The Kier molecular flexibility index (Phi) is 1.69. The van der Waals surface area contributed by atoms with Crippen LogP contribution in [0.3, 0.4) is 0 Å². The number of fused-ring (bicyclic) bond motifs is 1. The average molecular weight is 261 g/mol. The lowest BCUT2D eigenvalue weighted by Gasteiger charge is -2.32. The largest absolute Gasteiger partial charge is 0.494 e. The van der Waals surface area contributed by atoms with Crippen LogP contribution in [0.4, 0.5) is 0 Å². The van der Waals surface area contributed by atoms with E-state index in [1.807, 2.05) is 27.7 Å². The molecule has 0 N–H and O–H groups in total. The highest BCUT2D eigenvalue weighted by atomic mass is 16.7. The predicted molar refractivity (Wildman–Crippen MR) is 75.3 cm³/mol. The van der Waals surface area contributed by atoms with E-state index in [0.717, 1.165) is 0 Å². The van der Waals surface area contributed by atoms with E-state index in [0.29, 0.717) is 0 Å². The first-order chi connectivity index (χ1) is 11.0. The number of hydrogen-bond donors (Lipinski definition) is 0. The summed E-state index contributed by atoms with van der Waals surface area (Å²) >= 11 is 0. The third-order valence-electron chi connectivity index (χ3n) is 3.68. The number of nitrogens with zero attached hydrogens (tertiary/aromatic N) is 2. The lowest BCUT2D eigenvalue weighted by Crippen LogP contribution is -2.41. The third-order valence-corrected chi connectivity index (χ3v) is 3.68. The Bertz CT molecular complexity index is 843. The van der Waals surface area contributed by atoms with E-state index in [-0.39, 0.29) is 40.7 Å². The van der Waals surface area contributed by atoms with Crippen molar-refractivity contribution in [2.75, 3.05) is 0 Å². The highest BCUT2D eigenvalue weighted by molar-refractivity contribution is 6.62. The zero-order valence-electron chi connectivity index (χ0n) is 16.3. The Balaban J connectivity index is 2.28. The summed E-state index contributed by atoms with van der Waals surface area (Å²) in [5.74, 6) is 0. The molecule has 1 aromatic carbocycles. The molecule has 19 heavy (non-hydrogen) atoms. The van der Waals surface area contributed by atoms with Gasteiger partial charge in [-0.2, -0.15) is 0 Å². The van der Waals surface area contributed by atoms with Crippen LogP contribution in [0.1, 0.15) is 34.5 Å². The van der Waals surface area contributed by atoms with Gasteiger partial charge in [-0.05, 0) is 39.2 Å². The standard InChI is InChI=1S/C14H17BN2O2/c1-13(2)14(3,4)19-15(18-13)11-5-6-12-10(7-11)8-16-9-17-12/h5-9H,1-4H3/i5D,6D,7D,8D,9D. The minimum absolute atomic E-state index is 0.0247. The van der Waals surface area contributed by atoms with Crippen LogP contribution in [0.25, 0.3) is 10.9 Å². The van der Waals surface area contributed by atoms with Crippen molar-refractivity contribution in [2.45, 2.75) is 38.9 Å². The number of rotatable bonds is 1. The first-order valence-electron chi connectivity index (χ1n) is 8.56. The smallest absolute Gasteiger partial charge is 0.399 e. The lowest BCUT2D eigenvalue weighted by atomic mass is 9.78. The van der Waals surface area contributed by atoms with Gasteiger partial charge in [0.15, 0.2) is 0 Å². The lowest BCUT2D eigenvalue weighted by molar-refractivity contribution is 0.00578. The molecule has 0 aliphatic carbocycles. The Labute approximate surface area is 120 Å². The van der Waals surface area contributed by atoms with Gasteiger partial charge in [0, 0.05) is 11.6 Å². The molecule has 0 saturated carbocycles. The molecule has 0 atom stereocenters. The summed E-state index contributed by atoms with van der Waals surface area (Å²) in [5, 5.41) is 0.0247. The molecule has 0 amide bonds. The maximum Gasteiger partial charge on any atom is 0.494 e. The molecule has 98 valence electrons. The number of benzene rings is 1. The van der Waals surface area contributed by atoms with E-state index < -0.39 is 24.6 Å². The van der Waals surface area contributed by atoms with Crippen molar-refractivity contribution in [1.82, 2.24) is 9.97 Å². The van der Waals surface area contributed by atoms with Gasteiger partial charge < -0.3 is 9.31 Å². The van der Waals surface area contributed by atoms with Gasteiger partial charge in [-0.1, -0.05) is 12.1 Å². The molecule has 0 unspecified atom stereocenters. The minimum Gasteiger partial charge on any atom is -0.399 e. The first kappa shape index (κ1) is 7.97. The molecule has 3 rings (SSSR count). The van der Waals surface area contributed by atoms with Crippen molar-refractivity contribution in [3.05, 3.63) is 30.6 Å². The molecule has 2 aromatic rings. The van der Waals surface area contributed by atoms with Gasteiger partial charge in [0.1, 0.15) is 7.67 Å². The molecule has 1 fully saturated rings. The first-order valence-corrected chi connectivity index (χ1v) is 6.06. The van der Waals surface area contributed by atoms with Gasteiger partial charge in [-0.15, -0.1) is 0 Å². The molecular formula is C14H17BN2O2. The summed E-state index contributed by atoms with van der Waals surface area (Å²) in [6, 6.07) is -0.687. The van der Waals surface area contributed by atoms with Gasteiger partial charge >= 0.3 is 7.12 Å². The molecule has 1 aromatic heterocycles. The van der Waals surface area contributed by atoms with Gasteiger partial charge in [0.25, 0.3) is 0 Å². The van der Waals surface area contributed by atoms with Crippen LogP contribution in [-0.4, -0.2) is 28.3 Å². The molecule has 0 radical (unpaired) electrons. The quantitative estimate of drug-likeness (QED) is 0.736. The Morgan fingerprint density at radius 2 is 1.84 bits per heavy atom. The van der Waals surface area contributed by atoms with E-state index >= 15 is 0 Å². The molecule has 5 heteroatoms. The van der Waals surface area contributed by atoms with Crippen LogP contribution in [0.5, 0.6) is 0 Å². The van der Waals surface area contributed by atoms with E-state index in [4.69, 9.17) is 16.2 Å². The summed E-state index contributed by atoms with van der Waals surface area (Å²) in [7, 11) is -0.987. The fourth-order valence-corrected chi connectivity index (χ4v) is 1.81. The van der Waals surface area contributed by atoms with E-state index in [1.54, 1.807) is 0 Å². The van der Waals surface area contributed by atoms with Crippen molar-refractivity contribution in [1.29, 1.82) is 0 Å². The second-order valence-corrected chi connectivity index (χ2v) is 5.54. The molecule has 1 aliphatic rings. The molecule has 1 saturated heterocycles. The van der Waals surface area contributed by atoms with E-state index in [2.05, 4.69) is 9.97 Å². The SMILES string of the molecule is [2H]c1nc([2H])c2c([2H])c(B3OC(C)(C)C(C)(C)O3)c([2H])c([2H])c2n1. The van der Waals surface area contributed by atoms with Crippen LogP contribution in [0.2, 0.25) is 0 Å². The Morgan fingerprint density at radius 3 is 2.53 bits per heavy atom. The molecular weight excluding hydrogens is 239 g/mol. The highest BCUT2D eigenvalue weighted by Gasteiger charge is 2.51. The number of hydrogen-bond acceptors (Lipinski definition) is 4. The Morgan fingerprint density at radius 1 is 1.16 bits per heavy atom. The van der Waals surface area contributed by atoms with Crippen molar-refractivity contribution in [2.24, 2.45) is 0 Å². The molecule has 0 bridgehead atoms. The van der Waals surface area contributed by atoms with Gasteiger partial charge in [0.2, 0.25) is 0 Å². The maximum atomic E-state index is 8.39. The number of aromatic nitrogens is 2.